The first-order valence-corrected chi connectivity index (χ1v) is 16.8. The second kappa shape index (κ2) is 14.8. The number of aliphatic carboxylic acids is 1. The number of aromatic nitrogens is 2. The minimum absolute atomic E-state index is 0.265. The second-order valence-corrected chi connectivity index (χ2v) is 13.3. The lowest BCUT2D eigenvalue weighted by molar-refractivity contribution is -0.145. The smallest absolute Gasteiger partial charge is 0.321 e. The molecule has 2 atom stereocenters. The molecule has 226 valence electrons. The summed E-state index contributed by atoms with van der Waals surface area (Å²) in [6.45, 7) is 7.55. The highest BCUT2D eigenvalue weighted by molar-refractivity contribution is 5.74. The van der Waals surface area contributed by atoms with Crippen LogP contribution in [0.3, 0.4) is 0 Å². The molecule has 0 bridgehead atoms. The van der Waals surface area contributed by atoms with Crippen molar-refractivity contribution >= 4 is 5.97 Å². The van der Waals surface area contributed by atoms with E-state index in [4.69, 9.17) is 5.10 Å². The van der Waals surface area contributed by atoms with Gasteiger partial charge in [-0.2, -0.15) is 5.10 Å². The third-order valence-electron chi connectivity index (χ3n) is 10.5. The van der Waals surface area contributed by atoms with Gasteiger partial charge >= 0.3 is 5.97 Å². The summed E-state index contributed by atoms with van der Waals surface area (Å²) in [5.41, 5.74) is 4.26. The molecule has 2 aromatic rings. The molecule has 2 saturated carbocycles. The maximum absolute atomic E-state index is 11.8. The minimum Gasteiger partial charge on any atom is -0.480 e. The number of hydrogen-bond donors (Lipinski definition) is 1. The average Bonchev–Trinajstić information content (AvgIpc) is 3.68. The van der Waals surface area contributed by atoms with Crippen molar-refractivity contribution < 1.29 is 9.90 Å². The summed E-state index contributed by atoms with van der Waals surface area (Å²) in [4.78, 5) is 16.5. The maximum atomic E-state index is 11.8. The molecule has 3 heterocycles. The Balaban J connectivity index is 0.000000165. The van der Waals surface area contributed by atoms with E-state index >= 15 is 0 Å². The molecule has 0 spiro atoms. The Morgan fingerprint density at radius 2 is 1.49 bits per heavy atom. The number of rotatable bonds is 7. The van der Waals surface area contributed by atoms with Gasteiger partial charge in [0.2, 0.25) is 0 Å². The van der Waals surface area contributed by atoms with Gasteiger partial charge in [-0.05, 0) is 102 Å². The van der Waals surface area contributed by atoms with Crippen LogP contribution in [0.25, 0.3) is 0 Å². The Labute approximate surface area is 248 Å². The van der Waals surface area contributed by atoms with Gasteiger partial charge in [0.1, 0.15) is 6.04 Å². The molecule has 4 aliphatic rings. The summed E-state index contributed by atoms with van der Waals surface area (Å²) in [7, 11) is 2.24. The SMILES string of the molecule is CCn1nc(C2CCCCC2)cc1C1CCN(C)CC1.O=C(O)[C@@H](C1CCCCC1)N1CCC(c2ccccc2)C1. The van der Waals surface area contributed by atoms with Crippen LogP contribution in [0.2, 0.25) is 0 Å². The van der Waals surface area contributed by atoms with Crippen molar-refractivity contribution in [2.24, 2.45) is 5.92 Å². The monoisotopic (exact) mass is 562 g/mol. The van der Waals surface area contributed by atoms with Crippen molar-refractivity contribution in [2.45, 2.75) is 121 Å². The Morgan fingerprint density at radius 1 is 0.854 bits per heavy atom. The van der Waals surface area contributed by atoms with Crippen molar-refractivity contribution in [3.05, 3.63) is 53.3 Å². The number of carbonyl (C=O) groups is 1. The van der Waals surface area contributed by atoms with Crippen LogP contribution in [0, 0.1) is 5.92 Å². The molecule has 1 aromatic heterocycles. The molecule has 1 unspecified atom stereocenters. The van der Waals surface area contributed by atoms with Crippen molar-refractivity contribution in [1.82, 2.24) is 19.6 Å². The number of carboxylic acids is 1. The first-order valence-electron chi connectivity index (χ1n) is 16.8. The lowest BCUT2D eigenvalue weighted by Crippen LogP contribution is -2.45. The number of hydrogen-bond acceptors (Lipinski definition) is 4. The van der Waals surface area contributed by atoms with Gasteiger partial charge in [-0.25, -0.2) is 0 Å². The Morgan fingerprint density at radius 3 is 2.12 bits per heavy atom. The van der Waals surface area contributed by atoms with Crippen LogP contribution in [0.15, 0.2) is 36.4 Å². The van der Waals surface area contributed by atoms with Gasteiger partial charge in [-0.3, -0.25) is 14.4 Å². The predicted molar refractivity (Wildman–Crippen MR) is 167 cm³/mol. The van der Waals surface area contributed by atoms with Gasteiger partial charge in [0.05, 0.1) is 5.69 Å². The van der Waals surface area contributed by atoms with Crippen molar-refractivity contribution in [2.75, 3.05) is 33.2 Å². The molecule has 0 radical (unpaired) electrons. The Hall–Kier alpha value is -2.18. The summed E-state index contributed by atoms with van der Waals surface area (Å²) in [6, 6.07) is 12.7. The molecule has 0 amide bonds. The number of likely N-dealkylation sites (tertiary alicyclic amines) is 2. The Kier molecular flexibility index (Phi) is 10.9. The molecular weight excluding hydrogens is 508 g/mol. The molecule has 2 saturated heterocycles. The van der Waals surface area contributed by atoms with Gasteiger partial charge in [-0.1, -0.05) is 68.9 Å². The van der Waals surface area contributed by atoms with Crippen molar-refractivity contribution in [3.8, 4) is 0 Å². The normalized spacial score (nSPS) is 24.6. The predicted octanol–water partition coefficient (Wildman–Crippen LogP) is 7.27. The van der Waals surface area contributed by atoms with Crippen LogP contribution in [-0.2, 0) is 11.3 Å². The first kappa shape index (κ1) is 30.3. The van der Waals surface area contributed by atoms with E-state index < -0.39 is 5.97 Å². The zero-order chi connectivity index (χ0) is 28.6. The van der Waals surface area contributed by atoms with Crippen LogP contribution in [0.5, 0.6) is 0 Å². The van der Waals surface area contributed by atoms with Crippen molar-refractivity contribution in [3.63, 3.8) is 0 Å². The molecule has 4 fully saturated rings. The largest absolute Gasteiger partial charge is 0.480 e. The van der Waals surface area contributed by atoms with E-state index in [2.05, 4.69) is 58.8 Å². The summed E-state index contributed by atoms with van der Waals surface area (Å²) >= 11 is 0. The Bertz CT molecular complexity index is 1070. The third-order valence-corrected chi connectivity index (χ3v) is 10.5. The number of aryl methyl sites for hydroxylation is 1. The quantitative estimate of drug-likeness (QED) is 0.385. The number of nitrogens with zero attached hydrogens (tertiary/aromatic N) is 4. The molecule has 1 aromatic carbocycles. The lowest BCUT2D eigenvalue weighted by Gasteiger charge is -2.33. The fourth-order valence-electron chi connectivity index (χ4n) is 8.08. The van der Waals surface area contributed by atoms with E-state index in [0.29, 0.717) is 11.8 Å². The molecule has 1 N–H and O–H groups in total. The van der Waals surface area contributed by atoms with Crippen LogP contribution >= 0.6 is 0 Å². The highest BCUT2D eigenvalue weighted by Crippen LogP contribution is 2.36. The minimum atomic E-state index is -0.615. The highest BCUT2D eigenvalue weighted by atomic mass is 16.4. The van der Waals surface area contributed by atoms with E-state index in [0.717, 1.165) is 50.7 Å². The fraction of sp³-hybridized carbons (Fsp3) is 0.714. The van der Waals surface area contributed by atoms with E-state index in [1.807, 2.05) is 6.07 Å². The summed E-state index contributed by atoms with van der Waals surface area (Å²) in [5, 5.41) is 14.7. The zero-order valence-corrected chi connectivity index (χ0v) is 25.7. The molecule has 6 rings (SSSR count). The zero-order valence-electron chi connectivity index (χ0n) is 25.7. The first-order chi connectivity index (χ1) is 20.0. The number of piperidine rings is 1. The van der Waals surface area contributed by atoms with Gasteiger partial charge in [0, 0.05) is 30.6 Å². The van der Waals surface area contributed by atoms with Crippen LogP contribution in [-0.4, -0.2) is 69.9 Å². The molecule has 2 aliphatic carbocycles. The molecule has 2 aliphatic heterocycles. The van der Waals surface area contributed by atoms with E-state index in [9.17, 15) is 9.90 Å². The van der Waals surface area contributed by atoms with Gasteiger partial charge < -0.3 is 10.0 Å². The standard InChI is InChI=1S/C18H25NO2.C17H29N3/c20-18(21)17(15-9-5-2-6-10-15)19-12-11-16(13-19)14-7-3-1-4-8-14;1-3-20-17(15-9-11-19(2)12-10-15)13-16(18-20)14-7-5-4-6-8-14/h1,3-4,7-8,15-17H,2,5-6,9-13H2,(H,20,21);13-15H,3-12H2,1-2H3/t16?,17-;/m1./s1. The lowest BCUT2D eigenvalue weighted by atomic mass is 9.83. The van der Waals surface area contributed by atoms with Gasteiger partial charge in [0.15, 0.2) is 0 Å². The van der Waals surface area contributed by atoms with Gasteiger partial charge in [0.25, 0.3) is 0 Å². The third kappa shape index (κ3) is 7.81. The average molecular weight is 563 g/mol. The van der Waals surface area contributed by atoms with Gasteiger partial charge in [-0.15, -0.1) is 0 Å². The van der Waals surface area contributed by atoms with E-state index in [1.54, 1.807) is 0 Å². The maximum Gasteiger partial charge on any atom is 0.321 e. The summed E-state index contributed by atoms with van der Waals surface area (Å²) in [5.74, 6) is 1.70. The van der Waals surface area contributed by atoms with E-state index in [1.165, 1.54) is 94.2 Å². The molecule has 6 heteroatoms. The summed E-state index contributed by atoms with van der Waals surface area (Å²) < 4.78 is 2.29. The number of carboxylic acid groups (broad SMARTS) is 1. The molecular formula is C35H54N4O2. The van der Waals surface area contributed by atoms with Crippen LogP contribution < -0.4 is 0 Å². The van der Waals surface area contributed by atoms with Crippen molar-refractivity contribution in [1.29, 1.82) is 0 Å². The fourth-order valence-corrected chi connectivity index (χ4v) is 8.08. The molecule has 41 heavy (non-hydrogen) atoms. The second-order valence-electron chi connectivity index (χ2n) is 13.3. The molecule has 6 nitrogen and oxygen atoms in total. The van der Waals surface area contributed by atoms with Crippen LogP contribution in [0.1, 0.15) is 125 Å². The van der Waals surface area contributed by atoms with E-state index in [-0.39, 0.29) is 6.04 Å². The highest BCUT2D eigenvalue weighted by Gasteiger charge is 2.38. The van der Waals surface area contributed by atoms with Crippen LogP contribution in [0.4, 0.5) is 0 Å². The summed E-state index contributed by atoms with van der Waals surface area (Å²) in [6.07, 6.45) is 16.4. The number of benzene rings is 1. The topological polar surface area (TPSA) is 61.6 Å².